The Morgan fingerprint density at radius 1 is 1.09 bits per heavy atom. The number of carbonyl (C=O) groups is 2. The van der Waals surface area contributed by atoms with Gasteiger partial charge in [0.05, 0.1) is 37.6 Å². The number of aliphatic hydroxyl groups is 5. The van der Waals surface area contributed by atoms with Gasteiger partial charge in [0.15, 0.2) is 6.29 Å². The Bertz CT molecular complexity index is 767. The van der Waals surface area contributed by atoms with Crippen molar-refractivity contribution in [3.63, 3.8) is 0 Å². The van der Waals surface area contributed by atoms with E-state index in [9.17, 15) is 35.1 Å². The van der Waals surface area contributed by atoms with Gasteiger partial charge in [0.25, 0.3) is 0 Å². The predicted octanol–water partition coefficient (Wildman–Crippen LogP) is -1.75. The van der Waals surface area contributed by atoms with Gasteiger partial charge in [-0.25, -0.2) is 9.59 Å². The molecule has 32 heavy (non-hydrogen) atoms. The van der Waals surface area contributed by atoms with Crippen molar-refractivity contribution in [2.45, 2.75) is 43.1 Å². The molecule has 0 amide bonds. The van der Waals surface area contributed by atoms with Gasteiger partial charge in [0, 0.05) is 5.92 Å². The monoisotopic (exact) mass is 478 g/mol. The zero-order valence-electron chi connectivity index (χ0n) is 17.3. The highest BCUT2D eigenvalue weighted by Gasteiger charge is 2.52. The molecule has 0 spiro atoms. The number of hydrogen-bond acceptors (Lipinski definition) is 13. The number of thioether (sulfide) groups is 1. The molecule has 12 nitrogen and oxygen atoms in total. The highest BCUT2D eigenvalue weighted by atomic mass is 32.2. The van der Waals surface area contributed by atoms with Crippen molar-refractivity contribution in [3.05, 3.63) is 23.5 Å². The van der Waals surface area contributed by atoms with Gasteiger partial charge in [-0.1, -0.05) is 6.08 Å². The fraction of sp³-hybridized carbons (Fsp3) is 0.684. The standard InChI is InChI=1S/C19H26O12S/c1-27-16(25)8-6-28-17(31-18-15(24)14(23)13(22)10(4-20)30-18)11-7(3-9(21)12(8)11)5-29-19(26)32-2/h3,6,9-15,17-18,20-24H,4-5H2,1-2H3/t9-,10+,11+,12-,13+,14-,15+,17-,18-/m0/s1. The Morgan fingerprint density at radius 3 is 2.44 bits per heavy atom. The second-order valence-corrected chi connectivity index (χ2v) is 8.17. The number of rotatable bonds is 6. The van der Waals surface area contributed by atoms with E-state index in [1.54, 1.807) is 0 Å². The van der Waals surface area contributed by atoms with Gasteiger partial charge >= 0.3 is 11.3 Å². The van der Waals surface area contributed by atoms with Crippen LogP contribution in [0.15, 0.2) is 23.5 Å². The molecular formula is C19H26O12S. The lowest BCUT2D eigenvalue weighted by Crippen LogP contribution is -2.60. The van der Waals surface area contributed by atoms with Gasteiger partial charge in [-0.15, -0.1) is 0 Å². The van der Waals surface area contributed by atoms with E-state index in [2.05, 4.69) is 0 Å². The van der Waals surface area contributed by atoms with Crippen molar-refractivity contribution in [1.29, 1.82) is 0 Å². The summed E-state index contributed by atoms with van der Waals surface area (Å²) < 4.78 is 26.5. The van der Waals surface area contributed by atoms with Crippen LogP contribution in [0.1, 0.15) is 0 Å². The van der Waals surface area contributed by atoms with Crippen LogP contribution in [0.3, 0.4) is 0 Å². The summed E-state index contributed by atoms with van der Waals surface area (Å²) >= 11 is 0.853. The van der Waals surface area contributed by atoms with Crippen LogP contribution in [-0.4, -0.2) is 106 Å². The van der Waals surface area contributed by atoms with Gasteiger partial charge in [-0.05, 0) is 23.6 Å². The second kappa shape index (κ2) is 10.5. The maximum Gasteiger partial charge on any atom is 0.367 e. The zero-order valence-corrected chi connectivity index (χ0v) is 18.1. The number of esters is 1. The van der Waals surface area contributed by atoms with Crippen molar-refractivity contribution >= 4 is 23.0 Å². The van der Waals surface area contributed by atoms with Gasteiger partial charge in [-0.3, -0.25) is 0 Å². The molecule has 0 aromatic carbocycles. The summed E-state index contributed by atoms with van der Waals surface area (Å²) in [6, 6.07) is 0. The van der Waals surface area contributed by atoms with Crippen molar-refractivity contribution in [2.75, 3.05) is 26.6 Å². The topological polar surface area (TPSA) is 181 Å². The summed E-state index contributed by atoms with van der Waals surface area (Å²) in [6.07, 6.45) is -6.03. The van der Waals surface area contributed by atoms with E-state index in [4.69, 9.17) is 23.7 Å². The first-order valence-corrected chi connectivity index (χ1v) is 10.9. The number of aliphatic hydroxyl groups excluding tert-OH is 5. The molecule has 180 valence electrons. The Morgan fingerprint density at radius 2 is 1.81 bits per heavy atom. The van der Waals surface area contributed by atoms with E-state index in [0.29, 0.717) is 5.57 Å². The van der Waals surface area contributed by atoms with E-state index in [1.165, 1.54) is 19.4 Å². The molecule has 0 radical (unpaired) electrons. The second-order valence-electron chi connectivity index (χ2n) is 7.43. The average Bonchev–Trinajstić information content (AvgIpc) is 3.14. The molecule has 0 bridgehead atoms. The lowest BCUT2D eigenvalue weighted by molar-refractivity contribution is -0.340. The SMILES string of the molecule is COC(=O)C1=CO[C@@H](O[C@@H]2O[C@H](CO)[C@@H](O)[C@H](O)[C@H]2O)[C@@H]2C(COC(=O)SC)=C[C@H](O)[C@H]12. The lowest BCUT2D eigenvalue weighted by Gasteiger charge is -2.43. The average molecular weight is 478 g/mol. The first-order chi connectivity index (χ1) is 15.2. The highest BCUT2D eigenvalue weighted by Crippen LogP contribution is 2.45. The van der Waals surface area contributed by atoms with Crippen molar-refractivity contribution in [2.24, 2.45) is 11.8 Å². The Balaban J connectivity index is 1.86. The quantitative estimate of drug-likeness (QED) is 0.214. The van der Waals surface area contributed by atoms with E-state index in [1.807, 2.05) is 0 Å². The van der Waals surface area contributed by atoms with E-state index < -0.39 is 72.8 Å². The molecule has 1 fully saturated rings. The van der Waals surface area contributed by atoms with Crippen LogP contribution in [0.2, 0.25) is 0 Å². The zero-order chi connectivity index (χ0) is 23.6. The summed E-state index contributed by atoms with van der Waals surface area (Å²) in [6.45, 7) is -0.868. The van der Waals surface area contributed by atoms with Crippen LogP contribution in [0.5, 0.6) is 0 Å². The smallest absolute Gasteiger partial charge is 0.367 e. The number of methoxy groups -OCH3 is 1. The molecule has 1 saturated heterocycles. The molecule has 13 heteroatoms. The molecule has 9 atom stereocenters. The minimum Gasteiger partial charge on any atom is -0.471 e. The van der Waals surface area contributed by atoms with Crippen LogP contribution in [-0.2, 0) is 28.5 Å². The summed E-state index contributed by atoms with van der Waals surface area (Å²) in [7, 11) is 1.17. The summed E-state index contributed by atoms with van der Waals surface area (Å²) in [4.78, 5) is 23.8. The third-order valence-electron chi connectivity index (χ3n) is 5.61. The number of carbonyl (C=O) groups excluding carboxylic acids is 2. The first-order valence-electron chi connectivity index (χ1n) is 9.72. The maximum absolute atomic E-state index is 12.2. The fourth-order valence-corrected chi connectivity index (χ4v) is 4.16. The molecule has 0 unspecified atom stereocenters. The molecule has 0 aromatic heterocycles. The van der Waals surface area contributed by atoms with Crippen molar-refractivity contribution < 1.29 is 58.8 Å². The first kappa shape index (κ1) is 24.9. The lowest BCUT2D eigenvalue weighted by atomic mass is 9.82. The van der Waals surface area contributed by atoms with Crippen molar-refractivity contribution in [1.82, 2.24) is 0 Å². The Kier molecular flexibility index (Phi) is 8.16. The molecule has 3 aliphatic rings. The highest BCUT2D eigenvalue weighted by molar-refractivity contribution is 8.12. The fourth-order valence-electron chi connectivity index (χ4n) is 3.98. The summed E-state index contributed by atoms with van der Waals surface area (Å²) in [5.41, 5.74) is 0.426. The molecule has 2 aliphatic heterocycles. The predicted molar refractivity (Wildman–Crippen MR) is 106 cm³/mol. The molecule has 1 aliphatic carbocycles. The normalized spacial score (nSPS) is 38.8. The molecular weight excluding hydrogens is 452 g/mol. The minimum atomic E-state index is -1.69. The largest absolute Gasteiger partial charge is 0.471 e. The Labute approximate surface area is 187 Å². The van der Waals surface area contributed by atoms with Crippen LogP contribution in [0.4, 0.5) is 4.79 Å². The van der Waals surface area contributed by atoms with E-state index in [-0.39, 0.29) is 12.2 Å². The van der Waals surface area contributed by atoms with Crippen LogP contribution in [0.25, 0.3) is 0 Å². The molecule has 0 saturated carbocycles. The maximum atomic E-state index is 12.2. The van der Waals surface area contributed by atoms with E-state index in [0.717, 1.165) is 18.0 Å². The third kappa shape index (κ3) is 4.79. The van der Waals surface area contributed by atoms with Gasteiger partial charge in [0.1, 0.15) is 31.0 Å². The van der Waals surface area contributed by atoms with Gasteiger partial charge < -0.3 is 49.2 Å². The minimum absolute atomic E-state index is 0.0288. The van der Waals surface area contributed by atoms with Crippen LogP contribution < -0.4 is 0 Å². The van der Waals surface area contributed by atoms with E-state index >= 15 is 0 Å². The summed E-state index contributed by atoms with van der Waals surface area (Å²) in [5.74, 6) is -2.44. The van der Waals surface area contributed by atoms with Crippen molar-refractivity contribution in [3.8, 4) is 0 Å². The van der Waals surface area contributed by atoms with Crippen LogP contribution in [0, 0.1) is 11.8 Å². The summed E-state index contributed by atoms with van der Waals surface area (Å²) in [5, 5.41) is 49.6. The molecule has 0 aromatic rings. The molecule has 3 rings (SSSR count). The number of ether oxygens (including phenoxy) is 5. The third-order valence-corrected chi connectivity index (χ3v) is 6.06. The Hall–Kier alpha value is -1.71. The number of fused-ring (bicyclic) bond motifs is 1. The van der Waals surface area contributed by atoms with Gasteiger partial charge in [-0.2, -0.15) is 0 Å². The van der Waals surface area contributed by atoms with Gasteiger partial charge in [0.2, 0.25) is 6.29 Å². The molecule has 5 N–H and O–H groups in total. The number of hydrogen-bond donors (Lipinski definition) is 5. The molecule has 2 heterocycles. The van der Waals surface area contributed by atoms with Crippen LogP contribution >= 0.6 is 11.8 Å².